The van der Waals surface area contributed by atoms with Crippen molar-refractivity contribution < 1.29 is 32.2 Å². The quantitative estimate of drug-likeness (QED) is 0.583. The maximum atomic E-state index is 12.2. The molecule has 0 fully saturated rings. The highest BCUT2D eigenvalue weighted by Gasteiger charge is 2.39. The molecule has 0 aromatic heterocycles. The van der Waals surface area contributed by atoms with Gasteiger partial charge in [0.15, 0.2) is 0 Å². The molecule has 0 atom stereocenters. The number of carbonyl (C=O) groups excluding carboxylic acids is 2. The van der Waals surface area contributed by atoms with Gasteiger partial charge in [-0.25, -0.2) is 0 Å². The van der Waals surface area contributed by atoms with Gasteiger partial charge in [-0.1, -0.05) is 20.8 Å². The van der Waals surface area contributed by atoms with Gasteiger partial charge in [-0.3, -0.25) is 9.59 Å². The largest absolute Gasteiger partial charge is 0.465 e. The summed E-state index contributed by atoms with van der Waals surface area (Å²) in [5, 5.41) is 0. The zero-order valence-electron chi connectivity index (χ0n) is 14.5. The number of hydrogen-bond acceptors (Lipinski definition) is 4. The third-order valence-corrected chi connectivity index (χ3v) is 4.15. The molecule has 136 valence electrons. The molecule has 0 radical (unpaired) electrons. The number of esters is 2. The molecule has 0 aliphatic rings. The first-order valence-corrected chi connectivity index (χ1v) is 7.87. The molecular weight excluding hydrogens is 313 g/mol. The Kier molecular flexibility index (Phi) is 8.07. The summed E-state index contributed by atoms with van der Waals surface area (Å²) in [5.74, 6) is -1.22. The van der Waals surface area contributed by atoms with Crippen molar-refractivity contribution in [2.24, 2.45) is 5.41 Å². The predicted molar refractivity (Wildman–Crippen MR) is 79.7 cm³/mol. The van der Waals surface area contributed by atoms with Gasteiger partial charge in [0, 0.05) is 0 Å². The number of rotatable bonds is 9. The van der Waals surface area contributed by atoms with Crippen LogP contribution in [0.15, 0.2) is 0 Å². The van der Waals surface area contributed by atoms with E-state index in [0.29, 0.717) is 19.3 Å². The third kappa shape index (κ3) is 7.70. The van der Waals surface area contributed by atoms with Crippen molar-refractivity contribution in [3.63, 3.8) is 0 Å². The van der Waals surface area contributed by atoms with Crippen LogP contribution in [0.5, 0.6) is 0 Å². The van der Waals surface area contributed by atoms with E-state index in [2.05, 4.69) is 4.74 Å². The third-order valence-electron chi connectivity index (χ3n) is 4.15. The van der Waals surface area contributed by atoms with Crippen LogP contribution >= 0.6 is 0 Å². The highest BCUT2D eigenvalue weighted by atomic mass is 19.4. The summed E-state index contributed by atoms with van der Waals surface area (Å²) < 4.78 is 46.3. The van der Waals surface area contributed by atoms with Gasteiger partial charge in [-0.15, -0.1) is 0 Å². The lowest BCUT2D eigenvalue weighted by atomic mass is 9.88. The fourth-order valence-corrected chi connectivity index (χ4v) is 1.75. The van der Waals surface area contributed by atoms with Crippen LogP contribution < -0.4 is 0 Å². The van der Waals surface area contributed by atoms with E-state index < -0.39 is 42.2 Å². The lowest BCUT2D eigenvalue weighted by Gasteiger charge is -2.34. The molecule has 0 amide bonds. The molecule has 0 saturated carbocycles. The van der Waals surface area contributed by atoms with E-state index >= 15 is 0 Å². The van der Waals surface area contributed by atoms with Gasteiger partial charge in [-0.2, -0.15) is 13.2 Å². The molecule has 0 rings (SSSR count). The van der Waals surface area contributed by atoms with E-state index in [9.17, 15) is 22.8 Å². The van der Waals surface area contributed by atoms with Crippen molar-refractivity contribution in [3.05, 3.63) is 0 Å². The van der Waals surface area contributed by atoms with Crippen LogP contribution in [0, 0.1) is 5.41 Å². The van der Waals surface area contributed by atoms with E-state index in [0.717, 1.165) is 0 Å². The molecule has 7 heteroatoms. The highest BCUT2D eigenvalue weighted by molar-refractivity contribution is 5.77. The van der Waals surface area contributed by atoms with Gasteiger partial charge in [0.2, 0.25) is 0 Å². The highest BCUT2D eigenvalue weighted by Crippen LogP contribution is 2.31. The van der Waals surface area contributed by atoms with E-state index in [-0.39, 0.29) is 6.42 Å². The number of halogens is 3. The van der Waals surface area contributed by atoms with E-state index in [4.69, 9.17) is 4.74 Å². The van der Waals surface area contributed by atoms with Crippen molar-refractivity contribution in [1.82, 2.24) is 0 Å². The molecule has 0 aliphatic carbocycles. The summed E-state index contributed by atoms with van der Waals surface area (Å²) in [4.78, 5) is 24.0. The molecular formula is C16H27F3O4. The van der Waals surface area contributed by atoms with E-state index in [1.54, 1.807) is 27.7 Å². The molecule has 0 heterocycles. The summed E-state index contributed by atoms with van der Waals surface area (Å²) in [6, 6.07) is 0. The number of carbonyl (C=O) groups is 2. The Bertz CT molecular complexity index is 399. The summed E-state index contributed by atoms with van der Waals surface area (Å²) >= 11 is 0. The van der Waals surface area contributed by atoms with Gasteiger partial charge in [-0.05, 0) is 33.1 Å². The van der Waals surface area contributed by atoms with Crippen molar-refractivity contribution in [3.8, 4) is 0 Å². The normalized spacial score (nSPS) is 12.9. The van der Waals surface area contributed by atoms with Crippen LogP contribution in [-0.4, -0.2) is 30.3 Å². The molecule has 0 N–H and O–H groups in total. The number of ether oxygens (including phenoxy) is 2. The van der Waals surface area contributed by atoms with Crippen molar-refractivity contribution in [2.45, 2.75) is 78.5 Å². The fourth-order valence-electron chi connectivity index (χ4n) is 1.75. The van der Waals surface area contributed by atoms with Gasteiger partial charge in [0.05, 0.1) is 24.9 Å². The zero-order chi connectivity index (χ0) is 18.3. The Hall–Kier alpha value is -1.27. The Balaban J connectivity index is 4.77. The van der Waals surface area contributed by atoms with Gasteiger partial charge < -0.3 is 9.47 Å². The monoisotopic (exact) mass is 340 g/mol. The first kappa shape index (κ1) is 21.7. The average molecular weight is 340 g/mol. The molecule has 0 spiro atoms. The standard InChI is InChI=1S/C16H27F3O4/c1-6-14(4,5)13(21)23-15(7-2,8-3)11-12(20)22-10-9-16(17,18)19/h6-11H2,1-5H3. The minimum Gasteiger partial charge on any atom is -0.465 e. The molecule has 0 aliphatic heterocycles. The minimum atomic E-state index is -4.37. The van der Waals surface area contributed by atoms with Crippen molar-refractivity contribution >= 4 is 11.9 Å². The summed E-state index contributed by atoms with van der Waals surface area (Å²) in [6.07, 6.45) is -4.47. The Labute approximate surface area is 135 Å². The second-order valence-electron chi connectivity index (χ2n) is 6.28. The summed E-state index contributed by atoms with van der Waals surface area (Å²) in [6.45, 7) is 8.14. The minimum absolute atomic E-state index is 0.247. The fraction of sp³-hybridized carbons (Fsp3) is 0.875. The molecule has 0 aromatic rings. The van der Waals surface area contributed by atoms with Crippen LogP contribution in [0.1, 0.15) is 66.7 Å². The Morgan fingerprint density at radius 1 is 0.957 bits per heavy atom. The second-order valence-corrected chi connectivity index (χ2v) is 6.28. The van der Waals surface area contributed by atoms with Crippen molar-refractivity contribution in [1.29, 1.82) is 0 Å². The molecule has 4 nitrogen and oxygen atoms in total. The molecule has 0 aromatic carbocycles. The Morgan fingerprint density at radius 2 is 1.48 bits per heavy atom. The van der Waals surface area contributed by atoms with Crippen molar-refractivity contribution in [2.75, 3.05) is 6.61 Å². The first-order chi connectivity index (χ1) is 10.4. The molecule has 0 unspecified atom stereocenters. The van der Waals surface area contributed by atoms with E-state index in [1.807, 2.05) is 6.92 Å². The molecule has 0 bridgehead atoms. The summed E-state index contributed by atoms with van der Waals surface area (Å²) in [5.41, 5.74) is -1.73. The lowest BCUT2D eigenvalue weighted by molar-refractivity contribution is -0.178. The van der Waals surface area contributed by atoms with Crippen LogP contribution in [0.2, 0.25) is 0 Å². The number of alkyl halides is 3. The van der Waals surface area contributed by atoms with Crippen LogP contribution in [0.4, 0.5) is 13.2 Å². The van der Waals surface area contributed by atoms with Crippen LogP contribution in [0.25, 0.3) is 0 Å². The van der Waals surface area contributed by atoms with Gasteiger partial charge in [0.1, 0.15) is 5.60 Å². The maximum Gasteiger partial charge on any atom is 0.392 e. The first-order valence-electron chi connectivity index (χ1n) is 7.87. The predicted octanol–water partition coefficient (Wildman–Crippen LogP) is 4.41. The van der Waals surface area contributed by atoms with Crippen LogP contribution in [0.3, 0.4) is 0 Å². The average Bonchev–Trinajstić information content (AvgIpc) is 2.44. The van der Waals surface area contributed by atoms with Gasteiger partial charge >= 0.3 is 18.1 Å². The number of hydrogen-bond donors (Lipinski definition) is 0. The SMILES string of the molecule is CCC(CC)(CC(=O)OCCC(F)(F)F)OC(=O)C(C)(C)CC. The topological polar surface area (TPSA) is 52.6 Å². The molecule has 23 heavy (non-hydrogen) atoms. The summed E-state index contributed by atoms with van der Waals surface area (Å²) in [7, 11) is 0. The maximum absolute atomic E-state index is 12.2. The molecule has 0 saturated heterocycles. The van der Waals surface area contributed by atoms with Crippen LogP contribution in [-0.2, 0) is 19.1 Å². The Morgan fingerprint density at radius 3 is 1.87 bits per heavy atom. The lowest BCUT2D eigenvalue weighted by Crippen LogP contribution is -2.41. The smallest absolute Gasteiger partial charge is 0.392 e. The zero-order valence-corrected chi connectivity index (χ0v) is 14.5. The van der Waals surface area contributed by atoms with Gasteiger partial charge in [0.25, 0.3) is 0 Å². The second kappa shape index (κ2) is 8.55. The van der Waals surface area contributed by atoms with E-state index in [1.165, 1.54) is 0 Å².